The Balaban J connectivity index is 1.92. The highest BCUT2D eigenvalue weighted by atomic mass is 16.3. The van der Waals surface area contributed by atoms with Crippen molar-refractivity contribution in [2.45, 2.75) is 44.2 Å². The molecule has 0 amide bonds. The molecule has 0 radical (unpaired) electrons. The fraction of sp³-hybridized carbons (Fsp3) is 0.615. The Hall–Kier alpha value is -1.13. The Bertz CT molecular complexity index is 366. The van der Waals surface area contributed by atoms with Gasteiger partial charge >= 0.3 is 0 Å². The summed E-state index contributed by atoms with van der Waals surface area (Å²) in [4.78, 5) is 0. The highest BCUT2D eigenvalue weighted by Crippen LogP contribution is 2.28. The number of nitrogens with one attached hydrogen (secondary N) is 1. The Morgan fingerprint density at radius 2 is 2.24 bits per heavy atom. The van der Waals surface area contributed by atoms with Gasteiger partial charge in [0.15, 0.2) is 0 Å². The molecule has 0 aliphatic heterocycles. The molecule has 0 bridgehead atoms. The molecule has 0 spiro atoms. The minimum Gasteiger partial charge on any atom is -0.394 e. The maximum Gasteiger partial charge on any atom is 0.0613 e. The summed E-state index contributed by atoms with van der Waals surface area (Å²) < 4.78 is 1.70. The van der Waals surface area contributed by atoms with E-state index in [2.05, 4.69) is 17.0 Å². The second kappa shape index (κ2) is 5.47. The molecule has 1 saturated carbocycles. The van der Waals surface area contributed by atoms with E-state index >= 15 is 0 Å². The summed E-state index contributed by atoms with van der Waals surface area (Å²) in [5, 5.41) is 17.2. The molecule has 2 rings (SSSR count). The van der Waals surface area contributed by atoms with E-state index in [0.717, 1.165) is 24.9 Å². The molecule has 1 heterocycles. The van der Waals surface area contributed by atoms with Gasteiger partial charge in [0.2, 0.25) is 0 Å². The fourth-order valence-electron chi connectivity index (χ4n) is 2.48. The summed E-state index contributed by atoms with van der Waals surface area (Å²) in [6.07, 6.45) is 11.3. The van der Waals surface area contributed by atoms with Crippen LogP contribution in [-0.4, -0.2) is 27.0 Å². The number of hydrogen-bond donors (Lipinski definition) is 2. The summed E-state index contributed by atoms with van der Waals surface area (Å²) in [5.74, 6) is 0. The lowest BCUT2D eigenvalue weighted by Gasteiger charge is -2.36. The fourth-order valence-corrected chi connectivity index (χ4v) is 2.48. The van der Waals surface area contributed by atoms with E-state index in [1.807, 2.05) is 12.4 Å². The second-order valence-electron chi connectivity index (χ2n) is 4.86. The molecule has 0 aromatic carbocycles. The topological polar surface area (TPSA) is 50.1 Å². The van der Waals surface area contributed by atoms with Crippen molar-refractivity contribution in [2.75, 3.05) is 6.61 Å². The number of nitrogens with zero attached hydrogens (tertiary/aromatic N) is 2. The zero-order chi connectivity index (χ0) is 12.1. The number of rotatable bonds is 5. The van der Waals surface area contributed by atoms with Gasteiger partial charge in [0, 0.05) is 30.0 Å². The summed E-state index contributed by atoms with van der Waals surface area (Å²) in [7, 11) is 0. The Morgan fingerprint density at radius 3 is 2.82 bits per heavy atom. The van der Waals surface area contributed by atoms with Gasteiger partial charge in [-0.2, -0.15) is 5.10 Å². The zero-order valence-corrected chi connectivity index (χ0v) is 10.2. The summed E-state index contributed by atoms with van der Waals surface area (Å²) in [6.45, 7) is 4.65. The average molecular weight is 235 g/mol. The molecule has 0 atom stereocenters. The number of aliphatic hydroxyl groups is 1. The average Bonchev–Trinajstić information content (AvgIpc) is 2.85. The highest BCUT2D eigenvalue weighted by molar-refractivity contribution is 5.17. The van der Waals surface area contributed by atoms with Gasteiger partial charge in [-0.25, -0.2) is 4.68 Å². The van der Waals surface area contributed by atoms with Gasteiger partial charge in [-0.3, -0.25) is 0 Å². The Labute approximate surface area is 102 Å². The normalized spacial score (nSPS) is 19.1. The largest absolute Gasteiger partial charge is 0.394 e. The third kappa shape index (κ3) is 2.96. The smallest absolute Gasteiger partial charge is 0.0613 e. The number of hydrogen-bond acceptors (Lipinski definition) is 3. The van der Waals surface area contributed by atoms with Crippen LogP contribution in [0.15, 0.2) is 19.0 Å². The van der Waals surface area contributed by atoms with Crippen molar-refractivity contribution in [1.82, 2.24) is 15.1 Å². The monoisotopic (exact) mass is 235 g/mol. The maximum absolute atomic E-state index is 9.57. The molecule has 4 nitrogen and oxygen atoms in total. The van der Waals surface area contributed by atoms with Gasteiger partial charge in [0.25, 0.3) is 0 Å². The van der Waals surface area contributed by atoms with Crippen molar-refractivity contribution in [3.05, 3.63) is 24.5 Å². The zero-order valence-electron chi connectivity index (χ0n) is 10.2. The van der Waals surface area contributed by atoms with Crippen molar-refractivity contribution in [1.29, 1.82) is 0 Å². The van der Waals surface area contributed by atoms with E-state index in [9.17, 15) is 5.11 Å². The van der Waals surface area contributed by atoms with E-state index in [4.69, 9.17) is 0 Å². The molecule has 0 unspecified atom stereocenters. The lowest BCUT2D eigenvalue weighted by Crippen LogP contribution is -2.49. The van der Waals surface area contributed by atoms with Gasteiger partial charge in [-0.05, 0) is 12.8 Å². The minimum absolute atomic E-state index is 0.0749. The maximum atomic E-state index is 9.57. The van der Waals surface area contributed by atoms with E-state index in [1.54, 1.807) is 10.9 Å². The molecule has 0 saturated heterocycles. The van der Waals surface area contributed by atoms with Crippen LogP contribution in [0.1, 0.15) is 37.7 Å². The SMILES string of the molecule is C=Cn1cc(CNC2(CO)CCCCC2)cn1. The van der Waals surface area contributed by atoms with Crippen LogP contribution in [0.25, 0.3) is 6.20 Å². The lowest BCUT2D eigenvalue weighted by molar-refractivity contribution is 0.119. The van der Waals surface area contributed by atoms with Crippen LogP contribution in [-0.2, 0) is 6.54 Å². The van der Waals surface area contributed by atoms with Crippen molar-refractivity contribution in [3.8, 4) is 0 Å². The lowest BCUT2D eigenvalue weighted by atomic mass is 9.82. The van der Waals surface area contributed by atoms with Crippen molar-refractivity contribution >= 4 is 6.20 Å². The van der Waals surface area contributed by atoms with Crippen molar-refractivity contribution < 1.29 is 5.11 Å². The molecule has 94 valence electrons. The standard InChI is InChI=1S/C13H21N3O/c1-2-16-10-12(9-15-16)8-14-13(11-17)6-4-3-5-7-13/h2,9-10,14,17H,1,3-8,11H2. The summed E-state index contributed by atoms with van der Waals surface area (Å²) in [5.41, 5.74) is 1.05. The minimum atomic E-state index is -0.0749. The predicted octanol–water partition coefficient (Wildman–Crippen LogP) is 1.77. The van der Waals surface area contributed by atoms with Gasteiger partial charge in [-0.1, -0.05) is 25.8 Å². The molecular weight excluding hydrogens is 214 g/mol. The predicted molar refractivity (Wildman–Crippen MR) is 68.4 cm³/mol. The van der Waals surface area contributed by atoms with Crippen LogP contribution < -0.4 is 5.32 Å². The second-order valence-corrected chi connectivity index (χ2v) is 4.86. The van der Waals surface area contributed by atoms with Gasteiger partial charge in [0.05, 0.1) is 12.8 Å². The molecule has 1 aromatic rings. The van der Waals surface area contributed by atoms with Crippen molar-refractivity contribution in [3.63, 3.8) is 0 Å². The third-order valence-electron chi connectivity index (χ3n) is 3.62. The number of aromatic nitrogens is 2. The highest BCUT2D eigenvalue weighted by Gasteiger charge is 2.30. The first-order valence-corrected chi connectivity index (χ1v) is 6.29. The molecule has 1 fully saturated rings. The van der Waals surface area contributed by atoms with E-state index in [0.29, 0.717) is 0 Å². The molecule has 2 N–H and O–H groups in total. The first-order valence-electron chi connectivity index (χ1n) is 6.29. The molecular formula is C13H21N3O. The van der Waals surface area contributed by atoms with Crippen LogP contribution in [0.2, 0.25) is 0 Å². The van der Waals surface area contributed by atoms with Crippen LogP contribution in [0.4, 0.5) is 0 Å². The molecule has 1 aliphatic rings. The number of aliphatic hydroxyl groups excluding tert-OH is 1. The molecule has 1 aromatic heterocycles. The van der Waals surface area contributed by atoms with Crippen LogP contribution in [0.3, 0.4) is 0 Å². The first kappa shape index (κ1) is 12.3. The van der Waals surface area contributed by atoms with Gasteiger partial charge in [0.1, 0.15) is 0 Å². The summed E-state index contributed by atoms with van der Waals surface area (Å²) >= 11 is 0. The summed E-state index contributed by atoms with van der Waals surface area (Å²) in [6, 6.07) is 0. The van der Waals surface area contributed by atoms with E-state index < -0.39 is 0 Å². The molecule has 1 aliphatic carbocycles. The van der Waals surface area contributed by atoms with E-state index in [-0.39, 0.29) is 12.1 Å². The van der Waals surface area contributed by atoms with Crippen molar-refractivity contribution in [2.24, 2.45) is 0 Å². The quantitative estimate of drug-likeness (QED) is 0.817. The Kier molecular flexibility index (Phi) is 3.97. The molecule has 17 heavy (non-hydrogen) atoms. The van der Waals surface area contributed by atoms with Crippen LogP contribution in [0.5, 0.6) is 0 Å². The Morgan fingerprint density at radius 1 is 1.47 bits per heavy atom. The third-order valence-corrected chi connectivity index (χ3v) is 3.62. The van der Waals surface area contributed by atoms with Crippen LogP contribution in [0, 0.1) is 0 Å². The van der Waals surface area contributed by atoms with Gasteiger partial charge in [-0.15, -0.1) is 0 Å². The van der Waals surface area contributed by atoms with Crippen LogP contribution >= 0.6 is 0 Å². The van der Waals surface area contributed by atoms with Gasteiger partial charge < -0.3 is 10.4 Å². The first-order chi connectivity index (χ1) is 8.28. The molecule has 4 heteroatoms. The van der Waals surface area contributed by atoms with E-state index in [1.165, 1.54) is 19.3 Å².